The summed E-state index contributed by atoms with van der Waals surface area (Å²) < 4.78 is 27.7. The molecule has 0 aliphatic carbocycles. The molecule has 28 heavy (non-hydrogen) atoms. The average Bonchev–Trinajstić information content (AvgIpc) is 3.08. The van der Waals surface area contributed by atoms with Crippen LogP contribution in [-0.4, -0.2) is 25.8 Å². The van der Waals surface area contributed by atoms with Gasteiger partial charge in [0.1, 0.15) is 0 Å². The van der Waals surface area contributed by atoms with Gasteiger partial charge in [0.25, 0.3) is 0 Å². The molecule has 0 spiro atoms. The Morgan fingerprint density at radius 3 is 2.25 bits per heavy atom. The molecule has 1 heterocycles. The molecule has 0 saturated carbocycles. The summed E-state index contributed by atoms with van der Waals surface area (Å²) in [5.41, 5.74) is 7.55. The van der Waals surface area contributed by atoms with E-state index >= 15 is 0 Å². The molecule has 0 fully saturated rings. The molecular formula is C24H27NO2S. The molecule has 2 aromatic rings. The van der Waals surface area contributed by atoms with E-state index in [0.29, 0.717) is 18.0 Å². The third-order valence-electron chi connectivity index (χ3n) is 5.25. The second kappa shape index (κ2) is 7.90. The quantitative estimate of drug-likeness (QED) is 0.700. The lowest BCUT2D eigenvalue weighted by Gasteiger charge is -2.17. The Labute approximate surface area is 168 Å². The monoisotopic (exact) mass is 393 g/mol. The zero-order chi connectivity index (χ0) is 20.5. The summed E-state index contributed by atoms with van der Waals surface area (Å²) in [5.74, 6) is 0. The van der Waals surface area contributed by atoms with Crippen LogP contribution in [0.4, 0.5) is 0 Å². The van der Waals surface area contributed by atoms with Crippen molar-refractivity contribution in [1.29, 1.82) is 0 Å². The summed E-state index contributed by atoms with van der Waals surface area (Å²) in [4.78, 5) is 0.332. The van der Waals surface area contributed by atoms with Gasteiger partial charge in [0.2, 0.25) is 10.0 Å². The first-order valence-electron chi connectivity index (χ1n) is 9.38. The minimum atomic E-state index is -3.53. The van der Waals surface area contributed by atoms with E-state index in [-0.39, 0.29) is 0 Å². The fourth-order valence-corrected chi connectivity index (χ4v) is 4.66. The topological polar surface area (TPSA) is 37.4 Å². The highest BCUT2D eigenvalue weighted by molar-refractivity contribution is 7.89. The van der Waals surface area contributed by atoms with Crippen molar-refractivity contribution in [3.63, 3.8) is 0 Å². The third-order valence-corrected chi connectivity index (χ3v) is 7.06. The van der Waals surface area contributed by atoms with Crippen LogP contribution in [0.2, 0.25) is 0 Å². The normalized spacial score (nSPS) is 15.6. The largest absolute Gasteiger partial charge is 0.243 e. The molecule has 0 N–H and O–H groups in total. The van der Waals surface area contributed by atoms with E-state index in [2.05, 4.69) is 38.6 Å². The molecule has 0 saturated heterocycles. The Balaban J connectivity index is 1.87. The Morgan fingerprint density at radius 2 is 1.64 bits per heavy atom. The van der Waals surface area contributed by atoms with Crippen LogP contribution in [0.3, 0.4) is 0 Å². The number of nitrogens with zero attached hydrogens (tertiary/aromatic N) is 1. The standard InChI is InChI=1S/C24H27NO2S/c1-17(2)24-16-25(28(26,27)23-12-6-18(3)7-13-23)15-22(24)11-10-21-9-8-19(4)20(5)14-21/h6-14H,1,15-16H2,2-5H3/b11-10+. The molecule has 146 valence electrons. The highest BCUT2D eigenvalue weighted by atomic mass is 32.2. The zero-order valence-electron chi connectivity index (χ0n) is 17.0. The lowest BCUT2D eigenvalue weighted by molar-refractivity contribution is 0.483. The molecule has 0 amide bonds. The van der Waals surface area contributed by atoms with Crippen LogP contribution in [-0.2, 0) is 10.0 Å². The van der Waals surface area contributed by atoms with E-state index in [1.807, 2.05) is 38.1 Å². The Morgan fingerprint density at radius 1 is 0.964 bits per heavy atom. The highest BCUT2D eigenvalue weighted by Crippen LogP contribution is 2.29. The molecule has 0 bridgehead atoms. The number of rotatable bonds is 5. The summed E-state index contributed by atoms with van der Waals surface area (Å²) in [6, 6.07) is 13.3. The maximum atomic E-state index is 13.1. The lowest BCUT2D eigenvalue weighted by Crippen LogP contribution is -2.29. The van der Waals surface area contributed by atoms with Crippen molar-refractivity contribution in [2.24, 2.45) is 0 Å². The van der Waals surface area contributed by atoms with E-state index in [0.717, 1.165) is 27.8 Å². The Kier molecular flexibility index (Phi) is 5.73. The fraction of sp³-hybridized carbons (Fsp3) is 0.250. The van der Waals surface area contributed by atoms with Crippen molar-refractivity contribution in [3.05, 3.63) is 94.1 Å². The maximum Gasteiger partial charge on any atom is 0.243 e. The van der Waals surface area contributed by atoms with E-state index in [4.69, 9.17) is 0 Å². The summed E-state index contributed by atoms with van der Waals surface area (Å²) in [6.07, 6.45) is 4.07. The molecule has 4 heteroatoms. The summed E-state index contributed by atoms with van der Waals surface area (Å²) in [7, 11) is -3.53. The van der Waals surface area contributed by atoms with Gasteiger partial charge < -0.3 is 0 Å². The van der Waals surface area contributed by atoms with Gasteiger partial charge in [-0.3, -0.25) is 0 Å². The predicted molar refractivity (Wildman–Crippen MR) is 117 cm³/mol. The van der Waals surface area contributed by atoms with Crippen molar-refractivity contribution in [2.75, 3.05) is 13.1 Å². The number of aryl methyl sites for hydroxylation is 3. The van der Waals surface area contributed by atoms with Crippen molar-refractivity contribution >= 4 is 16.1 Å². The minimum absolute atomic E-state index is 0.332. The van der Waals surface area contributed by atoms with Gasteiger partial charge in [-0.25, -0.2) is 8.42 Å². The summed E-state index contributed by atoms with van der Waals surface area (Å²) >= 11 is 0. The second-order valence-electron chi connectivity index (χ2n) is 7.55. The van der Waals surface area contributed by atoms with E-state index < -0.39 is 10.0 Å². The Bertz CT molecular complexity index is 1070. The lowest BCUT2D eigenvalue weighted by atomic mass is 10.0. The van der Waals surface area contributed by atoms with Crippen LogP contribution < -0.4 is 0 Å². The molecular weight excluding hydrogens is 366 g/mol. The van der Waals surface area contributed by atoms with Gasteiger partial charge in [-0.2, -0.15) is 4.31 Å². The number of benzene rings is 2. The first-order chi connectivity index (χ1) is 13.2. The van der Waals surface area contributed by atoms with Crippen LogP contribution in [0.25, 0.3) is 6.08 Å². The maximum absolute atomic E-state index is 13.1. The molecule has 1 aliphatic heterocycles. The van der Waals surface area contributed by atoms with Gasteiger partial charge in [-0.05, 0) is 67.7 Å². The van der Waals surface area contributed by atoms with Gasteiger partial charge in [0, 0.05) is 13.1 Å². The molecule has 3 nitrogen and oxygen atoms in total. The van der Waals surface area contributed by atoms with E-state index in [1.165, 1.54) is 15.4 Å². The SMILES string of the molecule is C=C(C)C1=C(/C=C/c2ccc(C)c(C)c2)CN(S(=O)(=O)c2ccc(C)cc2)C1. The van der Waals surface area contributed by atoms with Crippen LogP contribution in [0.5, 0.6) is 0 Å². The summed E-state index contributed by atoms with van der Waals surface area (Å²) in [5, 5.41) is 0. The van der Waals surface area contributed by atoms with Crippen molar-refractivity contribution in [1.82, 2.24) is 4.31 Å². The first-order valence-corrected chi connectivity index (χ1v) is 10.8. The van der Waals surface area contributed by atoms with Gasteiger partial charge >= 0.3 is 0 Å². The van der Waals surface area contributed by atoms with Crippen molar-refractivity contribution in [3.8, 4) is 0 Å². The fourth-order valence-electron chi connectivity index (χ4n) is 3.28. The van der Waals surface area contributed by atoms with Crippen molar-refractivity contribution < 1.29 is 8.42 Å². The predicted octanol–water partition coefficient (Wildman–Crippen LogP) is 5.20. The molecule has 0 atom stereocenters. The molecule has 3 rings (SSSR count). The van der Waals surface area contributed by atoms with Crippen LogP contribution in [0, 0.1) is 20.8 Å². The number of hydrogen-bond acceptors (Lipinski definition) is 2. The van der Waals surface area contributed by atoms with E-state index in [1.54, 1.807) is 12.1 Å². The van der Waals surface area contributed by atoms with Gasteiger partial charge in [-0.1, -0.05) is 60.2 Å². The molecule has 1 aliphatic rings. The zero-order valence-corrected chi connectivity index (χ0v) is 17.8. The van der Waals surface area contributed by atoms with Crippen molar-refractivity contribution in [2.45, 2.75) is 32.6 Å². The molecule has 0 unspecified atom stereocenters. The van der Waals surface area contributed by atoms with Gasteiger partial charge in [-0.15, -0.1) is 0 Å². The molecule has 0 radical (unpaired) electrons. The first kappa shape index (κ1) is 20.3. The molecule has 2 aromatic carbocycles. The van der Waals surface area contributed by atoms with Gasteiger partial charge in [0.15, 0.2) is 0 Å². The minimum Gasteiger partial charge on any atom is -0.207 e. The van der Waals surface area contributed by atoms with Crippen LogP contribution >= 0.6 is 0 Å². The Hall–Kier alpha value is -2.43. The number of hydrogen-bond donors (Lipinski definition) is 0. The highest BCUT2D eigenvalue weighted by Gasteiger charge is 2.31. The number of sulfonamides is 1. The third kappa shape index (κ3) is 4.18. The average molecular weight is 394 g/mol. The van der Waals surface area contributed by atoms with Crippen LogP contribution in [0.15, 0.2) is 76.7 Å². The second-order valence-corrected chi connectivity index (χ2v) is 9.49. The molecule has 0 aromatic heterocycles. The van der Waals surface area contributed by atoms with Gasteiger partial charge in [0.05, 0.1) is 4.90 Å². The smallest absolute Gasteiger partial charge is 0.207 e. The van der Waals surface area contributed by atoms with E-state index in [9.17, 15) is 8.42 Å². The van der Waals surface area contributed by atoms with Crippen LogP contribution in [0.1, 0.15) is 29.2 Å². The summed E-state index contributed by atoms with van der Waals surface area (Å²) in [6.45, 7) is 12.8.